The maximum atomic E-state index is 10.7. The second kappa shape index (κ2) is 4.85. The summed E-state index contributed by atoms with van der Waals surface area (Å²) in [5, 5.41) is 17.3. The average molecular weight is 261 g/mol. The lowest BCUT2D eigenvalue weighted by atomic mass is 10.1. The van der Waals surface area contributed by atoms with Crippen LogP contribution in [0.5, 0.6) is 0 Å². The number of fused-ring (bicyclic) bond motifs is 1. The molecule has 1 atom stereocenters. The molecule has 2 aromatic rings. The van der Waals surface area contributed by atoms with Gasteiger partial charge in [0.2, 0.25) is 5.95 Å². The second-order valence-corrected chi connectivity index (χ2v) is 4.78. The number of anilines is 1. The Labute approximate surface area is 109 Å². The van der Waals surface area contributed by atoms with E-state index in [0.717, 1.165) is 25.2 Å². The van der Waals surface area contributed by atoms with E-state index in [4.69, 9.17) is 0 Å². The van der Waals surface area contributed by atoms with Gasteiger partial charge in [-0.3, -0.25) is 10.1 Å². The third kappa shape index (κ3) is 2.50. The second-order valence-electron chi connectivity index (χ2n) is 4.78. The molecule has 3 rings (SSSR count). The molecule has 0 radical (unpaired) electrons. The number of nitrogens with zero attached hydrogens (tertiary/aromatic N) is 2. The number of imidazole rings is 1. The Kier molecular flexibility index (Phi) is 3.04. The number of hydrogen-bond acceptors (Lipinski definition) is 5. The third-order valence-electron chi connectivity index (χ3n) is 3.40. The molecular weight excluding hydrogens is 246 g/mol. The van der Waals surface area contributed by atoms with Crippen LogP contribution >= 0.6 is 0 Å². The van der Waals surface area contributed by atoms with E-state index in [1.54, 1.807) is 6.07 Å². The summed E-state index contributed by atoms with van der Waals surface area (Å²) in [6, 6.07) is 4.63. The van der Waals surface area contributed by atoms with Crippen LogP contribution in [0.1, 0.15) is 6.42 Å². The van der Waals surface area contributed by atoms with Crippen LogP contribution in [0.25, 0.3) is 11.0 Å². The van der Waals surface area contributed by atoms with Gasteiger partial charge < -0.3 is 15.6 Å². The average Bonchev–Trinajstić information content (AvgIpc) is 3.04. The van der Waals surface area contributed by atoms with Crippen molar-refractivity contribution >= 4 is 22.7 Å². The molecule has 0 aliphatic carbocycles. The smallest absolute Gasteiger partial charge is 0.271 e. The van der Waals surface area contributed by atoms with Gasteiger partial charge in [0.25, 0.3) is 5.69 Å². The first kappa shape index (κ1) is 11.9. The quantitative estimate of drug-likeness (QED) is 0.572. The lowest BCUT2D eigenvalue weighted by Gasteiger charge is -2.08. The van der Waals surface area contributed by atoms with Crippen LogP contribution in [0.2, 0.25) is 0 Å². The first-order chi connectivity index (χ1) is 9.22. The summed E-state index contributed by atoms with van der Waals surface area (Å²) in [7, 11) is 0. The van der Waals surface area contributed by atoms with Crippen molar-refractivity contribution < 1.29 is 4.92 Å². The molecule has 19 heavy (non-hydrogen) atoms. The van der Waals surface area contributed by atoms with Gasteiger partial charge in [0.05, 0.1) is 16.0 Å². The van der Waals surface area contributed by atoms with Crippen molar-refractivity contribution in [3.63, 3.8) is 0 Å². The summed E-state index contributed by atoms with van der Waals surface area (Å²) >= 11 is 0. The molecule has 1 aliphatic heterocycles. The first-order valence-electron chi connectivity index (χ1n) is 6.31. The highest BCUT2D eigenvalue weighted by Gasteiger charge is 2.15. The van der Waals surface area contributed by atoms with E-state index in [0.29, 0.717) is 17.4 Å². The SMILES string of the molecule is O=[N+]([O-])c1ccc2nc(NC[C@@H]3CCNC3)[nH]c2c1. The molecule has 1 aromatic heterocycles. The van der Waals surface area contributed by atoms with Crippen molar-refractivity contribution in [1.29, 1.82) is 0 Å². The van der Waals surface area contributed by atoms with Gasteiger partial charge in [-0.15, -0.1) is 0 Å². The molecule has 100 valence electrons. The van der Waals surface area contributed by atoms with Gasteiger partial charge in [-0.25, -0.2) is 4.98 Å². The summed E-state index contributed by atoms with van der Waals surface area (Å²) in [4.78, 5) is 17.7. The number of benzene rings is 1. The van der Waals surface area contributed by atoms with E-state index in [1.165, 1.54) is 18.6 Å². The Hall–Kier alpha value is -2.15. The molecule has 1 fully saturated rings. The van der Waals surface area contributed by atoms with Gasteiger partial charge >= 0.3 is 0 Å². The zero-order valence-corrected chi connectivity index (χ0v) is 10.3. The normalized spacial score (nSPS) is 18.8. The number of hydrogen-bond donors (Lipinski definition) is 3. The number of aromatic nitrogens is 2. The van der Waals surface area contributed by atoms with Crippen molar-refractivity contribution in [2.45, 2.75) is 6.42 Å². The number of aromatic amines is 1. The minimum Gasteiger partial charge on any atom is -0.355 e. The lowest BCUT2D eigenvalue weighted by Crippen LogP contribution is -2.17. The maximum absolute atomic E-state index is 10.7. The molecule has 0 unspecified atom stereocenters. The van der Waals surface area contributed by atoms with Crippen molar-refractivity contribution in [2.24, 2.45) is 5.92 Å². The van der Waals surface area contributed by atoms with E-state index >= 15 is 0 Å². The van der Waals surface area contributed by atoms with E-state index in [1.807, 2.05) is 0 Å². The molecule has 7 nitrogen and oxygen atoms in total. The lowest BCUT2D eigenvalue weighted by molar-refractivity contribution is -0.384. The first-order valence-corrected chi connectivity index (χ1v) is 6.31. The van der Waals surface area contributed by atoms with Crippen molar-refractivity contribution in [3.8, 4) is 0 Å². The predicted octanol–water partition coefficient (Wildman–Crippen LogP) is 1.49. The van der Waals surface area contributed by atoms with E-state index in [9.17, 15) is 10.1 Å². The molecule has 1 aromatic carbocycles. The summed E-state index contributed by atoms with van der Waals surface area (Å²) in [6.07, 6.45) is 1.17. The van der Waals surface area contributed by atoms with Crippen LogP contribution in [0, 0.1) is 16.0 Å². The maximum Gasteiger partial charge on any atom is 0.271 e. The van der Waals surface area contributed by atoms with E-state index in [2.05, 4.69) is 20.6 Å². The van der Waals surface area contributed by atoms with Crippen LogP contribution in [0.3, 0.4) is 0 Å². The molecule has 7 heteroatoms. The summed E-state index contributed by atoms with van der Waals surface area (Å²) in [5.41, 5.74) is 1.49. The van der Waals surface area contributed by atoms with Gasteiger partial charge in [0.15, 0.2) is 0 Å². The van der Waals surface area contributed by atoms with Gasteiger partial charge in [0, 0.05) is 18.7 Å². The molecule has 0 saturated carbocycles. The van der Waals surface area contributed by atoms with Gasteiger partial charge in [-0.05, 0) is 31.5 Å². The molecule has 1 saturated heterocycles. The highest BCUT2D eigenvalue weighted by molar-refractivity contribution is 5.79. The molecule has 0 bridgehead atoms. The van der Waals surface area contributed by atoms with Crippen molar-refractivity contribution in [2.75, 3.05) is 25.0 Å². The van der Waals surface area contributed by atoms with Gasteiger partial charge in [-0.1, -0.05) is 0 Å². The molecule has 0 spiro atoms. The largest absolute Gasteiger partial charge is 0.355 e. The van der Waals surface area contributed by atoms with Crippen molar-refractivity contribution in [3.05, 3.63) is 28.3 Å². The van der Waals surface area contributed by atoms with E-state index in [-0.39, 0.29) is 5.69 Å². The summed E-state index contributed by atoms with van der Waals surface area (Å²) < 4.78 is 0. The number of non-ortho nitro benzene ring substituents is 1. The van der Waals surface area contributed by atoms with Crippen LogP contribution in [0.15, 0.2) is 18.2 Å². The fourth-order valence-corrected chi connectivity index (χ4v) is 2.32. The standard InChI is InChI=1S/C12H15N5O2/c18-17(19)9-1-2-10-11(5-9)16-12(15-10)14-7-8-3-4-13-6-8/h1-2,5,8,13H,3-4,6-7H2,(H2,14,15,16)/t8-/m1/s1. The Balaban J connectivity index is 1.75. The zero-order chi connectivity index (χ0) is 13.2. The highest BCUT2D eigenvalue weighted by Crippen LogP contribution is 2.20. The minimum absolute atomic E-state index is 0.0719. The Morgan fingerprint density at radius 3 is 3.16 bits per heavy atom. The fourth-order valence-electron chi connectivity index (χ4n) is 2.32. The Bertz CT molecular complexity index is 603. The predicted molar refractivity (Wildman–Crippen MR) is 72.2 cm³/mol. The summed E-state index contributed by atoms with van der Waals surface area (Å²) in [6.45, 7) is 2.95. The topological polar surface area (TPSA) is 95.9 Å². The Morgan fingerprint density at radius 2 is 2.42 bits per heavy atom. The number of H-pyrrole nitrogens is 1. The van der Waals surface area contributed by atoms with Gasteiger partial charge in [-0.2, -0.15) is 0 Å². The number of nitro groups is 1. The van der Waals surface area contributed by atoms with E-state index < -0.39 is 4.92 Å². The number of nitro benzene ring substituents is 1. The molecule has 1 aliphatic rings. The Morgan fingerprint density at radius 1 is 1.53 bits per heavy atom. The van der Waals surface area contributed by atoms with Crippen LogP contribution in [0.4, 0.5) is 11.6 Å². The molecular formula is C12H15N5O2. The molecule has 0 amide bonds. The number of nitrogens with one attached hydrogen (secondary N) is 3. The highest BCUT2D eigenvalue weighted by atomic mass is 16.6. The van der Waals surface area contributed by atoms with Crippen molar-refractivity contribution in [1.82, 2.24) is 15.3 Å². The van der Waals surface area contributed by atoms with Crippen LogP contribution < -0.4 is 10.6 Å². The zero-order valence-electron chi connectivity index (χ0n) is 10.3. The fraction of sp³-hybridized carbons (Fsp3) is 0.417. The molecule has 2 heterocycles. The summed E-state index contributed by atoms with van der Waals surface area (Å²) in [5.74, 6) is 1.28. The van der Waals surface area contributed by atoms with Crippen LogP contribution in [-0.2, 0) is 0 Å². The minimum atomic E-state index is -0.405. The monoisotopic (exact) mass is 261 g/mol. The van der Waals surface area contributed by atoms with Crippen LogP contribution in [-0.4, -0.2) is 34.5 Å². The van der Waals surface area contributed by atoms with Gasteiger partial charge in [0.1, 0.15) is 0 Å². The number of rotatable bonds is 4. The third-order valence-corrected chi connectivity index (χ3v) is 3.40. The molecule has 3 N–H and O–H groups in total.